The van der Waals surface area contributed by atoms with Crippen LogP contribution in [0.5, 0.6) is 0 Å². The Morgan fingerprint density at radius 2 is 1.95 bits per heavy atom. The highest BCUT2D eigenvalue weighted by Crippen LogP contribution is 2.08. The monoisotopic (exact) mass is 271 g/mol. The predicted octanol–water partition coefficient (Wildman–Crippen LogP) is 1.42. The van der Waals surface area contributed by atoms with Crippen LogP contribution in [0.25, 0.3) is 0 Å². The van der Waals surface area contributed by atoms with E-state index in [2.05, 4.69) is 9.97 Å². The zero-order valence-electron chi connectivity index (χ0n) is 11.4. The first-order valence-corrected chi connectivity index (χ1v) is 6.43. The second-order valence-corrected chi connectivity index (χ2v) is 4.48. The standard InChI is InChI=1S/C15H17N3O2/c1-12-9-17-14(10-16-12)15(20)18(7-8-19)11-13-5-3-2-4-6-13/h2-6,9-10,19H,7-8,11H2,1H3. The van der Waals surface area contributed by atoms with E-state index in [0.717, 1.165) is 11.3 Å². The molecule has 5 nitrogen and oxygen atoms in total. The fourth-order valence-corrected chi connectivity index (χ4v) is 1.84. The van der Waals surface area contributed by atoms with Gasteiger partial charge in [-0.25, -0.2) is 4.98 Å². The molecular formula is C15H17N3O2. The first kappa shape index (κ1) is 14.1. The minimum atomic E-state index is -0.226. The number of carbonyl (C=O) groups excluding carboxylic acids is 1. The summed E-state index contributed by atoms with van der Waals surface area (Å²) in [4.78, 5) is 22.1. The maximum absolute atomic E-state index is 12.4. The first-order valence-electron chi connectivity index (χ1n) is 6.43. The van der Waals surface area contributed by atoms with E-state index < -0.39 is 0 Å². The molecule has 0 atom stereocenters. The van der Waals surface area contributed by atoms with Crippen LogP contribution in [0.1, 0.15) is 21.7 Å². The van der Waals surface area contributed by atoms with E-state index in [1.54, 1.807) is 11.1 Å². The van der Waals surface area contributed by atoms with Crippen LogP contribution in [0.2, 0.25) is 0 Å². The lowest BCUT2D eigenvalue weighted by molar-refractivity contribution is 0.0701. The highest BCUT2D eigenvalue weighted by molar-refractivity contribution is 5.91. The summed E-state index contributed by atoms with van der Waals surface area (Å²) in [5.41, 5.74) is 2.06. The van der Waals surface area contributed by atoms with Gasteiger partial charge in [0.05, 0.1) is 18.5 Å². The quantitative estimate of drug-likeness (QED) is 0.893. The number of hydrogen-bond acceptors (Lipinski definition) is 4. The number of carbonyl (C=O) groups is 1. The molecule has 0 spiro atoms. The number of aromatic nitrogens is 2. The van der Waals surface area contributed by atoms with Gasteiger partial charge in [0.25, 0.3) is 5.91 Å². The Kier molecular flexibility index (Phi) is 4.79. The van der Waals surface area contributed by atoms with Crippen LogP contribution < -0.4 is 0 Å². The van der Waals surface area contributed by atoms with Crippen molar-refractivity contribution in [1.29, 1.82) is 0 Å². The van der Waals surface area contributed by atoms with Gasteiger partial charge in [-0.1, -0.05) is 30.3 Å². The van der Waals surface area contributed by atoms with Crippen molar-refractivity contribution in [2.24, 2.45) is 0 Å². The lowest BCUT2D eigenvalue weighted by atomic mass is 10.2. The lowest BCUT2D eigenvalue weighted by Crippen LogP contribution is -2.33. The third-order valence-electron chi connectivity index (χ3n) is 2.87. The van der Waals surface area contributed by atoms with Gasteiger partial charge in [-0.05, 0) is 12.5 Å². The highest BCUT2D eigenvalue weighted by atomic mass is 16.3. The van der Waals surface area contributed by atoms with Crippen LogP contribution in [0.3, 0.4) is 0 Å². The second-order valence-electron chi connectivity index (χ2n) is 4.48. The van der Waals surface area contributed by atoms with Crippen LogP contribution >= 0.6 is 0 Å². The van der Waals surface area contributed by atoms with Gasteiger partial charge in [0.1, 0.15) is 5.69 Å². The van der Waals surface area contributed by atoms with E-state index in [1.807, 2.05) is 37.3 Å². The number of amides is 1. The van der Waals surface area contributed by atoms with Gasteiger partial charge in [0.2, 0.25) is 0 Å². The number of benzene rings is 1. The molecule has 20 heavy (non-hydrogen) atoms. The molecule has 1 aromatic carbocycles. The molecule has 1 aromatic heterocycles. The number of nitrogens with zero attached hydrogens (tertiary/aromatic N) is 3. The summed E-state index contributed by atoms with van der Waals surface area (Å²) < 4.78 is 0. The van der Waals surface area contributed by atoms with Crippen LogP contribution in [0.4, 0.5) is 0 Å². The average molecular weight is 271 g/mol. The van der Waals surface area contributed by atoms with Crippen molar-refractivity contribution in [3.63, 3.8) is 0 Å². The summed E-state index contributed by atoms with van der Waals surface area (Å²) in [7, 11) is 0. The Bertz CT molecular complexity index is 555. The van der Waals surface area contributed by atoms with Gasteiger partial charge < -0.3 is 10.0 Å². The third-order valence-corrected chi connectivity index (χ3v) is 2.87. The predicted molar refractivity (Wildman–Crippen MR) is 75.0 cm³/mol. The molecule has 1 amide bonds. The van der Waals surface area contributed by atoms with E-state index in [4.69, 9.17) is 5.11 Å². The Hall–Kier alpha value is -2.27. The molecule has 0 saturated carbocycles. The van der Waals surface area contributed by atoms with Crippen molar-refractivity contribution in [2.45, 2.75) is 13.5 Å². The molecule has 5 heteroatoms. The largest absolute Gasteiger partial charge is 0.395 e. The van der Waals surface area contributed by atoms with E-state index in [9.17, 15) is 4.79 Å². The molecule has 0 saturated heterocycles. The van der Waals surface area contributed by atoms with Crippen molar-refractivity contribution >= 4 is 5.91 Å². The van der Waals surface area contributed by atoms with Crippen molar-refractivity contribution in [2.75, 3.05) is 13.2 Å². The number of aryl methyl sites for hydroxylation is 1. The third kappa shape index (κ3) is 3.61. The zero-order chi connectivity index (χ0) is 14.4. The average Bonchev–Trinajstić information content (AvgIpc) is 2.48. The van der Waals surface area contributed by atoms with Crippen molar-refractivity contribution in [1.82, 2.24) is 14.9 Å². The van der Waals surface area contributed by atoms with E-state index in [0.29, 0.717) is 12.2 Å². The topological polar surface area (TPSA) is 66.3 Å². The lowest BCUT2D eigenvalue weighted by Gasteiger charge is -2.21. The van der Waals surface area contributed by atoms with Gasteiger partial charge in [0.15, 0.2) is 0 Å². The molecule has 2 aromatic rings. The van der Waals surface area contributed by atoms with Crippen LogP contribution in [0, 0.1) is 6.92 Å². The second kappa shape index (κ2) is 6.77. The minimum absolute atomic E-state index is 0.0855. The minimum Gasteiger partial charge on any atom is -0.395 e. The Balaban J connectivity index is 2.15. The molecule has 0 aliphatic heterocycles. The molecule has 1 N–H and O–H groups in total. The van der Waals surface area contributed by atoms with E-state index >= 15 is 0 Å². The summed E-state index contributed by atoms with van der Waals surface area (Å²) in [5.74, 6) is -0.226. The summed E-state index contributed by atoms with van der Waals surface area (Å²) >= 11 is 0. The zero-order valence-corrected chi connectivity index (χ0v) is 11.4. The highest BCUT2D eigenvalue weighted by Gasteiger charge is 2.17. The maximum atomic E-state index is 12.4. The molecule has 0 radical (unpaired) electrons. The van der Waals surface area contributed by atoms with Crippen molar-refractivity contribution in [3.05, 3.63) is 59.7 Å². The molecule has 0 unspecified atom stereocenters. The summed E-state index contributed by atoms with van der Waals surface area (Å²) in [6, 6.07) is 9.65. The normalized spacial score (nSPS) is 10.3. The number of aliphatic hydroxyl groups is 1. The van der Waals surface area contributed by atoms with Gasteiger partial charge >= 0.3 is 0 Å². The summed E-state index contributed by atoms with van der Waals surface area (Å²) in [6.07, 6.45) is 3.03. The summed E-state index contributed by atoms with van der Waals surface area (Å²) in [5, 5.41) is 9.12. The molecule has 2 rings (SSSR count). The molecule has 1 heterocycles. The van der Waals surface area contributed by atoms with Crippen LogP contribution in [0.15, 0.2) is 42.7 Å². The smallest absolute Gasteiger partial charge is 0.274 e. The Labute approximate surface area is 117 Å². The van der Waals surface area contributed by atoms with Gasteiger partial charge in [-0.3, -0.25) is 9.78 Å². The molecule has 104 valence electrons. The van der Waals surface area contributed by atoms with Gasteiger partial charge in [-0.15, -0.1) is 0 Å². The maximum Gasteiger partial charge on any atom is 0.274 e. The van der Waals surface area contributed by atoms with Crippen molar-refractivity contribution in [3.8, 4) is 0 Å². The summed E-state index contributed by atoms with van der Waals surface area (Å²) in [6.45, 7) is 2.44. The number of rotatable bonds is 5. The van der Waals surface area contributed by atoms with Crippen molar-refractivity contribution < 1.29 is 9.90 Å². The SMILES string of the molecule is Cc1cnc(C(=O)N(CCO)Cc2ccccc2)cn1. The van der Waals surface area contributed by atoms with E-state index in [1.165, 1.54) is 6.20 Å². The van der Waals surface area contributed by atoms with Gasteiger partial charge in [0, 0.05) is 19.3 Å². The molecular weight excluding hydrogens is 254 g/mol. The molecule has 0 fully saturated rings. The van der Waals surface area contributed by atoms with Crippen LogP contribution in [-0.2, 0) is 6.54 Å². The molecule has 0 aliphatic carbocycles. The molecule has 0 bridgehead atoms. The number of aliphatic hydroxyl groups excluding tert-OH is 1. The Morgan fingerprint density at radius 3 is 2.55 bits per heavy atom. The molecule has 0 aliphatic rings. The fourth-order valence-electron chi connectivity index (χ4n) is 1.84. The number of hydrogen-bond donors (Lipinski definition) is 1. The van der Waals surface area contributed by atoms with Gasteiger partial charge in [-0.2, -0.15) is 0 Å². The first-order chi connectivity index (χ1) is 9.70. The van der Waals surface area contributed by atoms with E-state index in [-0.39, 0.29) is 19.1 Å². The Morgan fingerprint density at radius 1 is 1.20 bits per heavy atom. The van der Waals surface area contributed by atoms with Crippen LogP contribution in [-0.4, -0.2) is 39.0 Å². The fraction of sp³-hybridized carbons (Fsp3) is 0.267.